The summed E-state index contributed by atoms with van der Waals surface area (Å²) < 4.78 is 6.40. The quantitative estimate of drug-likeness (QED) is 0.531. The third-order valence-electron chi connectivity index (χ3n) is 1.86. The highest BCUT2D eigenvalue weighted by Crippen LogP contribution is 2.25. The van der Waals surface area contributed by atoms with Crippen LogP contribution in [0.25, 0.3) is 0 Å². The van der Waals surface area contributed by atoms with Gasteiger partial charge in [0.2, 0.25) is 5.15 Å². The van der Waals surface area contributed by atoms with E-state index in [1.807, 2.05) is 0 Å². The van der Waals surface area contributed by atoms with E-state index in [9.17, 15) is 10.1 Å². The van der Waals surface area contributed by atoms with Crippen molar-refractivity contribution in [2.75, 3.05) is 13.2 Å². The van der Waals surface area contributed by atoms with Crippen molar-refractivity contribution in [1.82, 2.24) is 9.78 Å². The first kappa shape index (κ1) is 8.46. The van der Waals surface area contributed by atoms with Gasteiger partial charge in [0.25, 0.3) is 0 Å². The largest absolute Gasteiger partial charge is 0.377 e. The van der Waals surface area contributed by atoms with Crippen LogP contribution < -0.4 is 0 Å². The van der Waals surface area contributed by atoms with Crippen LogP contribution in [-0.4, -0.2) is 27.9 Å². The first-order valence-corrected chi connectivity index (χ1v) is 4.03. The van der Waals surface area contributed by atoms with Crippen molar-refractivity contribution in [2.45, 2.75) is 6.04 Å². The van der Waals surface area contributed by atoms with Gasteiger partial charge < -0.3 is 4.74 Å². The molecule has 1 aromatic rings. The minimum absolute atomic E-state index is 0.0723. The van der Waals surface area contributed by atoms with E-state index < -0.39 is 4.92 Å². The third-order valence-corrected chi connectivity index (χ3v) is 2.13. The van der Waals surface area contributed by atoms with Crippen LogP contribution in [0.3, 0.4) is 0 Å². The highest BCUT2D eigenvalue weighted by atomic mass is 35.5. The zero-order chi connectivity index (χ0) is 9.42. The van der Waals surface area contributed by atoms with E-state index in [1.54, 1.807) is 0 Å². The summed E-state index contributed by atoms with van der Waals surface area (Å²) in [5.41, 5.74) is -0.159. The fourth-order valence-electron chi connectivity index (χ4n) is 1.05. The Morgan fingerprint density at radius 2 is 2.46 bits per heavy atom. The van der Waals surface area contributed by atoms with Crippen LogP contribution in [0.2, 0.25) is 5.15 Å². The van der Waals surface area contributed by atoms with Crippen LogP contribution in [0.4, 0.5) is 5.69 Å². The highest BCUT2D eigenvalue weighted by molar-refractivity contribution is 6.31. The molecule has 0 spiro atoms. The van der Waals surface area contributed by atoms with Gasteiger partial charge in [-0.05, 0) is 0 Å². The Hall–Kier alpha value is -1.14. The number of nitrogens with zero attached hydrogens (tertiary/aromatic N) is 3. The zero-order valence-corrected chi connectivity index (χ0v) is 7.27. The second-order valence-electron chi connectivity index (χ2n) is 2.73. The molecule has 6 nitrogen and oxygen atoms in total. The molecule has 0 bridgehead atoms. The number of ether oxygens (including phenoxy) is 1. The molecule has 1 aromatic heterocycles. The lowest BCUT2D eigenvalue weighted by Gasteiger charge is -2.25. The summed E-state index contributed by atoms with van der Waals surface area (Å²) in [5, 5.41) is 14.1. The molecule has 0 saturated carbocycles. The topological polar surface area (TPSA) is 70.2 Å². The smallest absolute Gasteiger partial charge is 0.325 e. The van der Waals surface area contributed by atoms with Crippen molar-refractivity contribution in [1.29, 1.82) is 0 Å². The standard InChI is InChI=1S/C6H6ClN3O3/c7-6-5(10(11)12)1-9(8-6)4-2-13-3-4/h1,4H,2-3H2. The molecule has 1 fully saturated rings. The number of nitro groups is 1. The Balaban J connectivity index is 2.28. The molecular weight excluding hydrogens is 198 g/mol. The maximum absolute atomic E-state index is 10.4. The summed E-state index contributed by atoms with van der Waals surface area (Å²) in [6.45, 7) is 1.07. The van der Waals surface area contributed by atoms with Crippen molar-refractivity contribution in [2.24, 2.45) is 0 Å². The number of hydrogen-bond acceptors (Lipinski definition) is 4. The van der Waals surface area contributed by atoms with Crippen molar-refractivity contribution < 1.29 is 9.66 Å². The summed E-state index contributed by atoms with van der Waals surface area (Å²) in [6.07, 6.45) is 1.33. The molecule has 2 rings (SSSR count). The average Bonchev–Trinajstić information content (AvgIpc) is 2.27. The highest BCUT2D eigenvalue weighted by Gasteiger charge is 2.26. The van der Waals surface area contributed by atoms with Crippen LogP contribution in [-0.2, 0) is 4.74 Å². The Bertz CT molecular complexity index is 347. The van der Waals surface area contributed by atoms with Crippen molar-refractivity contribution in [3.63, 3.8) is 0 Å². The molecule has 2 heterocycles. The fourth-order valence-corrected chi connectivity index (χ4v) is 1.25. The van der Waals surface area contributed by atoms with E-state index in [0.717, 1.165) is 0 Å². The molecule has 7 heteroatoms. The summed E-state index contributed by atoms with van der Waals surface area (Å²) >= 11 is 5.55. The van der Waals surface area contributed by atoms with Gasteiger partial charge in [-0.1, -0.05) is 11.6 Å². The van der Waals surface area contributed by atoms with Crippen LogP contribution in [0.15, 0.2) is 6.20 Å². The first-order valence-electron chi connectivity index (χ1n) is 3.65. The van der Waals surface area contributed by atoms with Crippen molar-refractivity contribution in [3.05, 3.63) is 21.5 Å². The van der Waals surface area contributed by atoms with Gasteiger partial charge in [-0.15, -0.1) is 0 Å². The van der Waals surface area contributed by atoms with Gasteiger partial charge in [-0.2, -0.15) is 5.10 Å². The van der Waals surface area contributed by atoms with Crippen LogP contribution in [0, 0.1) is 10.1 Å². The number of aromatic nitrogens is 2. The SMILES string of the molecule is O=[N+]([O-])c1cn(C2COC2)nc1Cl. The summed E-state index contributed by atoms with van der Waals surface area (Å²) in [6, 6.07) is 0.0891. The Kier molecular flexibility index (Phi) is 1.93. The minimum atomic E-state index is -0.550. The lowest BCUT2D eigenvalue weighted by molar-refractivity contribution is -0.384. The molecule has 0 unspecified atom stereocenters. The van der Waals surface area contributed by atoms with Gasteiger partial charge in [0.15, 0.2) is 0 Å². The molecule has 1 aliphatic heterocycles. The zero-order valence-electron chi connectivity index (χ0n) is 6.51. The summed E-state index contributed by atoms with van der Waals surface area (Å²) in [5.74, 6) is 0. The van der Waals surface area contributed by atoms with Crippen LogP contribution >= 0.6 is 11.6 Å². The van der Waals surface area contributed by atoms with Crippen molar-refractivity contribution >= 4 is 17.3 Å². The van der Waals surface area contributed by atoms with E-state index in [1.165, 1.54) is 10.9 Å². The predicted molar refractivity (Wildman–Crippen MR) is 43.7 cm³/mol. The van der Waals surface area contributed by atoms with E-state index >= 15 is 0 Å². The Labute approximate surface area is 78.2 Å². The maximum Gasteiger partial charge on any atom is 0.325 e. The van der Waals surface area contributed by atoms with E-state index in [0.29, 0.717) is 13.2 Å². The van der Waals surface area contributed by atoms with E-state index in [-0.39, 0.29) is 16.9 Å². The van der Waals surface area contributed by atoms with Gasteiger partial charge in [-0.25, -0.2) is 0 Å². The van der Waals surface area contributed by atoms with Gasteiger partial charge in [-0.3, -0.25) is 14.8 Å². The van der Waals surface area contributed by atoms with Crippen molar-refractivity contribution in [3.8, 4) is 0 Å². The lowest BCUT2D eigenvalue weighted by atomic mass is 10.3. The summed E-state index contributed by atoms with van der Waals surface area (Å²) in [7, 11) is 0. The molecule has 0 radical (unpaired) electrons. The molecule has 0 atom stereocenters. The Morgan fingerprint density at radius 3 is 2.85 bits per heavy atom. The molecular formula is C6H6ClN3O3. The molecule has 13 heavy (non-hydrogen) atoms. The number of halogens is 1. The number of hydrogen-bond donors (Lipinski definition) is 0. The normalized spacial score (nSPS) is 17.0. The van der Waals surface area contributed by atoms with Gasteiger partial charge in [0.1, 0.15) is 6.20 Å². The lowest BCUT2D eigenvalue weighted by Crippen LogP contribution is -2.30. The molecule has 0 aliphatic carbocycles. The van der Waals surface area contributed by atoms with E-state index in [4.69, 9.17) is 16.3 Å². The van der Waals surface area contributed by atoms with Gasteiger partial charge in [0, 0.05) is 0 Å². The molecule has 0 amide bonds. The molecule has 0 aromatic carbocycles. The third kappa shape index (κ3) is 1.38. The van der Waals surface area contributed by atoms with Crippen LogP contribution in [0.5, 0.6) is 0 Å². The first-order chi connectivity index (χ1) is 6.18. The second kappa shape index (κ2) is 2.97. The maximum atomic E-state index is 10.4. The van der Waals surface area contributed by atoms with E-state index in [2.05, 4.69) is 5.10 Å². The second-order valence-corrected chi connectivity index (χ2v) is 3.09. The molecule has 1 aliphatic rings. The molecule has 1 saturated heterocycles. The van der Waals surface area contributed by atoms with Gasteiger partial charge in [0.05, 0.1) is 24.2 Å². The minimum Gasteiger partial charge on any atom is -0.377 e. The van der Waals surface area contributed by atoms with Crippen LogP contribution in [0.1, 0.15) is 6.04 Å². The number of rotatable bonds is 2. The molecule has 70 valence electrons. The average molecular weight is 204 g/mol. The Morgan fingerprint density at radius 1 is 1.77 bits per heavy atom. The monoisotopic (exact) mass is 203 g/mol. The molecule has 0 N–H and O–H groups in total. The predicted octanol–water partition coefficient (Wildman–Crippen LogP) is 1.02. The fraction of sp³-hybridized carbons (Fsp3) is 0.500. The summed E-state index contributed by atoms with van der Waals surface area (Å²) in [4.78, 5) is 9.85. The van der Waals surface area contributed by atoms with Gasteiger partial charge >= 0.3 is 5.69 Å².